The Hall–Kier alpha value is -3.61. The number of piperidine rings is 1. The van der Waals surface area contributed by atoms with Crippen molar-refractivity contribution in [3.63, 3.8) is 0 Å². The molecular formula is C27H30N4O3. The van der Waals surface area contributed by atoms with E-state index in [4.69, 9.17) is 0 Å². The van der Waals surface area contributed by atoms with Crippen molar-refractivity contribution in [3.8, 4) is 5.69 Å². The van der Waals surface area contributed by atoms with Crippen molar-refractivity contribution in [2.24, 2.45) is 13.0 Å². The van der Waals surface area contributed by atoms with Crippen LogP contribution in [0, 0.1) is 12.8 Å². The second-order valence-electron chi connectivity index (χ2n) is 9.29. The molecule has 5 rings (SSSR count). The predicted molar refractivity (Wildman–Crippen MR) is 133 cm³/mol. The number of nitrogens with zero attached hydrogens (tertiary/aromatic N) is 4. The number of rotatable bonds is 3. The molecule has 2 aromatic carbocycles. The summed E-state index contributed by atoms with van der Waals surface area (Å²) in [6.45, 7) is 4.50. The number of carbonyl (C=O) groups excluding carboxylic acids is 1. The summed E-state index contributed by atoms with van der Waals surface area (Å²) in [6.07, 6.45) is 2.30. The van der Waals surface area contributed by atoms with Gasteiger partial charge in [0.05, 0.1) is 11.4 Å². The number of hydrogen-bond acceptors (Lipinski definition) is 4. The lowest BCUT2D eigenvalue weighted by Gasteiger charge is -2.37. The van der Waals surface area contributed by atoms with E-state index in [2.05, 4.69) is 18.2 Å². The zero-order chi connectivity index (χ0) is 23.8. The zero-order valence-electron chi connectivity index (χ0n) is 19.7. The van der Waals surface area contributed by atoms with Gasteiger partial charge in [-0.05, 0) is 49.4 Å². The van der Waals surface area contributed by atoms with E-state index in [0.29, 0.717) is 43.9 Å². The van der Waals surface area contributed by atoms with Crippen molar-refractivity contribution in [2.45, 2.75) is 32.7 Å². The summed E-state index contributed by atoms with van der Waals surface area (Å²) >= 11 is 0. The monoisotopic (exact) mass is 458 g/mol. The molecule has 0 spiro atoms. The molecule has 3 heterocycles. The van der Waals surface area contributed by atoms with Crippen LogP contribution in [0.25, 0.3) is 5.69 Å². The summed E-state index contributed by atoms with van der Waals surface area (Å²) in [4.78, 5) is 43.3. The minimum atomic E-state index is -0.354. The van der Waals surface area contributed by atoms with E-state index in [1.807, 2.05) is 53.1 Å². The fraction of sp³-hybridized carbons (Fsp3) is 0.370. The van der Waals surface area contributed by atoms with Crippen LogP contribution in [0.4, 0.5) is 5.69 Å². The van der Waals surface area contributed by atoms with Gasteiger partial charge in [0, 0.05) is 39.1 Å². The van der Waals surface area contributed by atoms with Gasteiger partial charge in [-0.3, -0.25) is 18.7 Å². The van der Waals surface area contributed by atoms with Crippen LogP contribution in [-0.4, -0.2) is 39.6 Å². The van der Waals surface area contributed by atoms with E-state index in [1.165, 1.54) is 22.7 Å². The average Bonchev–Trinajstić information content (AvgIpc) is 2.88. The summed E-state index contributed by atoms with van der Waals surface area (Å²) in [7, 11) is 1.53. The third-order valence-electron chi connectivity index (χ3n) is 7.28. The Balaban J connectivity index is 1.35. The van der Waals surface area contributed by atoms with E-state index in [0.717, 1.165) is 18.7 Å². The molecular weight excluding hydrogens is 428 g/mol. The maximum atomic E-state index is 13.3. The third kappa shape index (κ3) is 3.85. The van der Waals surface area contributed by atoms with Crippen molar-refractivity contribution in [1.29, 1.82) is 0 Å². The minimum absolute atomic E-state index is 0.0364. The van der Waals surface area contributed by atoms with E-state index in [-0.39, 0.29) is 23.1 Å². The number of hydrogen-bond donors (Lipinski definition) is 0. The molecule has 0 saturated carbocycles. The number of aromatic nitrogens is 2. The van der Waals surface area contributed by atoms with E-state index in [1.54, 1.807) is 4.57 Å². The Kier molecular flexibility index (Phi) is 5.86. The molecule has 0 bridgehead atoms. The first-order chi connectivity index (χ1) is 16.5. The largest absolute Gasteiger partial charge is 0.366 e. The molecule has 1 saturated heterocycles. The SMILES string of the molecule is Cc1c(N2CCC(C(=O)N3CCc4ccccc4C3)CC2)c(=O)n(C)c(=O)n1-c1ccccc1. The molecule has 2 aliphatic heterocycles. The molecule has 1 amide bonds. The highest BCUT2D eigenvalue weighted by Gasteiger charge is 2.32. The number of para-hydroxylation sites is 1. The fourth-order valence-electron chi connectivity index (χ4n) is 5.34. The number of carbonyl (C=O) groups is 1. The lowest BCUT2D eigenvalue weighted by molar-refractivity contribution is -0.137. The predicted octanol–water partition coefficient (Wildman–Crippen LogP) is 2.65. The highest BCUT2D eigenvalue weighted by atomic mass is 16.2. The highest BCUT2D eigenvalue weighted by molar-refractivity contribution is 5.79. The molecule has 0 atom stereocenters. The molecule has 34 heavy (non-hydrogen) atoms. The first-order valence-electron chi connectivity index (χ1n) is 11.9. The van der Waals surface area contributed by atoms with Crippen LogP contribution in [0.2, 0.25) is 0 Å². The number of benzene rings is 2. The maximum Gasteiger partial charge on any atom is 0.335 e. The van der Waals surface area contributed by atoms with Crippen LogP contribution in [-0.2, 0) is 24.8 Å². The Morgan fingerprint density at radius 1 is 0.882 bits per heavy atom. The second-order valence-corrected chi connectivity index (χ2v) is 9.29. The molecule has 2 aliphatic rings. The number of anilines is 1. The Morgan fingerprint density at radius 2 is 1.53 bits per heavy atom. The van der Waals surface area contributed by atoms with Gasteiger partial charge in [0.25, 0.3) is 5.56 Å². The Labute approximate surface area is 198 Å². The van der Waals surface area contributed by atoms with E-state index < -0.39 is 0 Å². The average molecular weight is 459 g/mol. The van der Waals surface area contributed by atoms with Gasteiger partial charge in [-0.25, -0.2) is 4.79 Å². The maximum absolute atomic E-state index is 13.3. The third-order valence-corrected chi connectivity index (χ3v) is 7.28. The Morgan fingerprint density at radius 3 is 2.24 bits per heavy atom. The number of amides is 1. The van der Waals surface area contributed by atoms with Crippen molar-refractivity contribution in [3.05, 3.63) is 92.3 Å². The fourth-order valence-corrected chi connectivity index (χ4v) is 5.34. The van der Waals surface area contributed by atoms with Gasteiger partial charge in [-0.2, -0.15) is 0 Å². The van der Waals surface area contributed by atoms with Crippen LogP contribution in [0.1, 0.15) is 29.7 Å². The van der Waals surface area contributed by atoms with Gasteiger partial charge < -0.3 is 9.80 Å². The highest BCUT2D eigenvalue weighted by Crippen LogP contribution is 2.27. The molecule has 3 aromatic rings. The first kappa shape index (κ1) is 22.2. The van der Waals surface area contributed by atoms with Crippen LogP contribution in [0.3, 0.4) is 0 Å². The molecule has 1 fully saturated rings. The normalized spacial score (nSPS) is 16.4. The van der Waals surface area contributed by atoms with Gasteiger partial charge >= 0.3 is 5.69 Å². The molecule has 7 nitrogen and oxygen atoms in total. The van der Waals surface area contributed by atoms with Crippen LogP contribution in [0.5, 0.6) is 0 Å². The molecule has 176 valence electrons. The second kappa shape index (κ2) is 8.97. The standard InChI is InChI=1S/C27H30N4O3/c1-19-24(26(33)28(2)27(34)31(19)23-10-4-3-5-11-23)29-15-13-21(14-16-29)25(32)30-17-12-20-8-6-7-9-22(20)18-30/h3-11,21H,12-18H2,1-2H3. The van der Waals surface area contributed by atoms with Gasteiger partial charge in [0.15, 0.2) is 0 Å². The lowest BCUT2D eigenvalue weighted by Crippen LogP contribution is -2.47. The van der Waals surface area contributed by atoms with Gasteiger partial charge in [-0.1, -0.05) is 42.5 Å². The summed E-state index contributed by atoms with van der Waals surface area (Å²) in [5, 5.41) is 0. The molecule has 1 aromatic heterocycles. The number of fused-ring (bicyclic) bond motifs is 1. The van der Waals surface area contributed by atoms with Crippen LogP contribution < -0.4 is 16.1 Å². The summed E-state index contributed by atoms with van der Waals surface area (Å²) in [5.74, 6) is 0.179. The molecule has 0 aliphatic carbocycles. The molecule has 0 radical (unpaired) electrons. The van der Waals surface area contributed by atoms with Crippen LogP contribution >= 0.6 is 0 Å². The van der Waals surface area contributed by atoms with Crippen LogP contribution in [0.15, 0.2) is 64.2 Å². The van der Waals surface area contributed by atoms with Gasteiger partial charge in [-0.15, -0.1) is 0 Å². The quantitative estimate of drug-likeness (QED) is 0.605. The summed E-state index contributed by atoms with van der Waals surface area (Å²) in [5.41, 5.74) is 3.85. The van der Waals surface area contributed by atoms with Gasteiger partial charge in [0.1, 0.15) is 5.69 Å². The van der Waals surface area contributed by atoms with Crippen molar-refractivity contribution >= 4 is 11.6 Å². The first-order valence-corrected chi connectivity index (χ1v) is 11.9. The van der Waals surface area contributed by atoms with Crippen molar-refractivity contribution in [1.82, 2.24) is 14.0 Å². The summed E-state index contributed by atoms with van der Waals surface area (Å²) in [6, 6.07) is 17.7. The molecule has 0 N–H and O–H groups in total. The smallest absolute Gasteiger partial charge is 0.335 e. The Bertz CT molecular complexity index is 1330. The summed E-state index contributed by atoms with van der Waals surface area (Å²) < 4.78 is 2.77. The topological polar surface area (TPSA) is 67.6 Å². The molecule has 0 unspecified atom stereocenters. The van der Waals surface area contributed by atoms with E-state index >= 15 is 0 Å². The van der Waals surface area contributed by atoms with Crippen molar-refractivity contribution in [2.75, 3.05) is 24.5 Å². The van der Waals surface area contributed by atoms with E-state index in [9.17, 15) is 14.4 Å². The molecule has 7 heteroatoms. The zero-order valence-corrected chi connectivity index (χ0v) is 19.7. The van der Waals surface area contributed by atoms with Gasteiger partial charge in [0.2, 0.25) is 5.91 Å². The minimum Gasteiger partial charge on any atom is -0.366 e. The lowest BCUT2D eigenvalue weighted by atomic mass is 9.92. The van der Waals surface area contributed by atoms with Crippen molar-refractivity contribution < 1.29 is 4.79 Å².